The third-order valence-electron chi connectivity index (χ3n) is 3.92. The molecular weight excluding hydrogens is 376 g/mol. The first kappa shape index (κ1) is 18.9. The van der Waals surface area contributed by atoms with Crippen LogP contribution in [0.3, 0.4) is 0 Å². The average molecular weight is 398 g/mol. The van der Waals surface area contributed by atoms with E-state index in [1.165, 1.54) is 0 Å². The van der Waals surface area contributed by atoms with Gasteiger partial charge in [0, 0.05) is 23.6 Å². The molecule has 0 spiro atoms. The van der Waals surface area contributed by atoms with E-state index >= 15 is 0 Å². The van der Waals surface area contributed by atoms with Crippen molar-refractivity contribution >= 4 is 38.4 Å². The summed E-state index contributed by atoms with van der Waals surface area (Å²) < 4.78 is 28.0. The van der Waals surface area contributed by atoms with Crippen LogP contribution in [0.4, 0.5) is 0 Å². The number of halogens is 2. The maximum Gasteiger partial charge on any atom is 0.243 e. The quantitative estimate of drug-likeness (QED) is 0.853. The molecule has 1 heterocycles. The van der Waals surface area contributed by atoms with Crippen LogP contribution in [0.1, 0.15) is 25.3 Å². The molecular formula is C14H22BrClN2O2S. The molecule has 0 bridgehead atoms. The summed E-state index contributed by atoms with van der Waals surface area (Å²) in [6, 6.07) is 5.30. The van der Waals surface area contributed by atoms with Gasteiger partial charge in [0.2, 0.25) is 10.0 Å². The number of sulfonamides is 1. The average Bonchev–Trinajstić information content (AvgIpc) is 2.38. The lowest BCUT2D eigenvalue weighted by molar-refractivity contribution is 0.243. The largest absolute Gasteiger partial charge is 0.328 e. The maximum atomic E-state index is 12.8. The van der Waals surface area contributed by atoms with Crippen LogP contribution >= 0.6 is 28.3 Å². The first-order valence-electron chi connectivity index (χ1n) is 6.84. The van der Waals surface area contributed by atoms with Crippen molar-refractivity contribution < 1.29 is 8.42 Å². The van der Waals surface area contributed by atoms with Crippen molar-refractivity contribution in [3.05, 3.63) is 28.2 Å². The lowest BCUT2D eigenvalue weighted by atomic mass is 9.93. The molecule has 1 aliphatic heterocycles. The molecule has 0 amide bonds. The molecule has 1 aromatic rings. The standard InChI is InChI=1S/C14H21BrN2O2S.ClH/c1-10-8-13(15)5-6-14(10)20(18,19)17-7-3-4-12(9-17)11(2)16;/h5-6,8,11-12H,3-4,7,9,16H2,1-2H3;1H. The number of benzene rings is 1. The maximum absolute atomic E-state index is 12.8. The van der Waals surface area contributed by atoms with Gasteiger partial charge in [-0.15, -0.1) is 12.4 Å². The Labute approximate surface area is 141 Å². The highest BCUT2D eigenvalue weighted by atomic mass is 79.9. The Hall–Kier alpha value is -0.140. The summed E-state index contributed by atoms with van der Waals surface area (Å²) in [4.78, 5) is 0.394. The van der Waals surface area contributed by atoms with Gasteiger partial charge >= 0.3 is 0 Å². The molecule has 1 fully saturated rings. The Morgan fingerprint density at radius 2 is 2.10 bits per heavy atom. The highest BCUT2D eigenvalue weighted by molar-refractivity contribution is 9.10. The number of nitrogens with zero attached hydrogens (tertiary/aromatic N) is 1. The lowest BCUT2D eigenvalue weighted by Crippen LogP contribution is -2.45. The molecule has 1 saturated heterocycles. The summed E-state index contributed by atoms with van der Waals surface area (Å²) in [7, 11) is -3.42. The number of hydrogen-bond donors (Lipinski definition) is 1. The molecule has 1 aromatic carbocycles. The predicted molar refractivity (Wildman–Crippen MR) is 91.3 cm³/mol. The summed E-state index contributed by atoms with van der Waals surface area (Å²) in [5, 5.41) is 0. The number of aryl methyl sites for hydroxylation is 1. The van der Waals surface area contributed by atoms with E-state index in [0.29, 0.717) is 18.0 Å². The first-order valence-corrected chi connectivity index (χ1v) is 9.07. The molecule has 2 atom stereocenters. The van der Waals surface area contributed by atoms with Crippen LogP contribution in [0.25, 0.3) is 0 Å². The Bertz CT molecular complexity index is 593. The molecule has 120 valence electrons. The van der Waals surface area contributed by atoms with Gasteiger partial charge in [-0.3, -0.25) is 0 Å². The second-order valence-corrected chi connectivity index (χ2v) is 8.36. The zero-order valence-corrected chi connectivity index (χ0v) is 15.5. The summed E-state index contributed by atoms with van der Waals surface area (Å²) >= 11 is 3.36. The number of hydrogen-bond acceptors (Lipinski definition) is 3. The van der Waals surface area contributed by atoms with Crippen LogP contribution < -0.4 is 5.73 Å². The van der Waals surface area contributed by atoms with Gasteiger partial charge in [-0.05, 0) is 56.4 Å². The molecule has 21 heavy (non-hydrogen) atoms. The van der Waals surface area contributed by atoms with Gasteiger partial charge in [0.1, 0.15) is 0 Å². The van der Waals surface area contributed by atoms with Crippen LogP contribution in [0, 0.1) is 12.8 Å². The van der Waals surface area contributed by atoms with Crippen molar-refractivity contribution in [3.63, 3.8) is 0 Å². The SMILES string of the molecule is Cc1cc(Br)ccc1S(=O)(=O)N1CCCC(C(C)N)C1.Cl. The van der Waals surface area contributed by atoms with E-state index < -0.39 is 10.0 Å². The van der Waals surface area contributed by atoms with Crippen LogP contribution in [-0.4, -0.2) is 31.9 Å². The molecule has 2 unspecified atom stereocenters. The highest BCUT2D eigenvalue weighted by Gasteiger charge is 2.32. The molecule has 0 saturated carbocycles. The normalized spacial score (nSPS) is 21.6. The fraction of sp³-hybridized carbons (Fsp3) is 0.571. The molecule has 2 rings (SSSR count). The van der Waals surface area contributed by atoms with E-state index in [0.717, 1.165) is 22.9 Å². The second-order valence-electron chi connectivity index (χ2n) is 5.53. The summed E-state index contributed by atoms with van der Waals surface area (Å²) in [5.41, 5.74) is 6.70. The summed E-state index contributed by atoms with van der Waals surface area (Å²) in [6.45, 7) is 4.88. The van der Waals surface area contributed by atoms with E-state index in [1.807, 2.05) is 19.9 Å². The molecule has 2 N–H and O–H groups in total. The minimum Gasteiger partial charge on any atom is -0.328 e. The molecule has 0 aliphatic carbocycles. The minimum absolute atomic E-state index is 0. The van der Waals surface area contributed by atoms with Crippen LogP contribution in [-0.2, 0) is 10.0 Å². The molecule has 0 radical (unpaired) electrons. The van der Waals surface area contributed by atoms with E-state index in [1.54, 1.807) is 16.4 Å². The second kappa shape index (κ2) is 7.42. The fourth-order valence-electron chi connectivity index (χ4n) is 2.66. The van der Waals surface area contributed by atoms with Crippen molar-refractivity contribution in [1.29, 1.82) is 0 Å². The van der Waals surface area contributed by atoms with Crippen LogP contribution in [0.2, 0.25) is 0 Å². The monoisotopic (exact) mass is 396 g/mol. The Morgan fingerprint density at radius 3 is 2.67 bits per heavy atom. The third kappa shape index (κ3) is 4.20. The zero-order chi connectivity index (χ0) is 14.9. The Morgan fingerprint density at radius 1 is 1.43 bits per heavy atom. The van der Waals surface area contributed by atoms with Crippen molar-refractivity contribution in [2.45, 2.75) is 37.6 Å². The number of nitrogens with two attached hydrogens (primary N) is 1. The van der Waals surface area contributed by atoms with Crippen LogP contribution in [0.15, 0.2) is 27.6 Å². The summed E-state index contributed by atoms with van der Waals surface area (Å²) in [5.74, 6) is 0.245. The van der Waals surface area contributed by atoms with Crippen molar-refractivity contribution in [1.82, 2.24) is 4.31 Å². The fourth-order valence-corrected chi connectivity index (χ4v) is 4.88. The van der Waals surface area contributed by atoms with E-state index in [9.17, 15) is 8.42 Å². The number of rotatable bonds is 3. The number of piperidine rings is 1. The van der Waals surface area contributed by atoms with Crippen molar-refractivity contribution in [2.24, 2.45) is 11.7 Å². The van der Waals surface area contributed by atoms with Gasteiger partial charge in [0.25, 0.3) is 0 Å². The first-order chi connectivity index (χ1) is 9.32. The van der Waals surface area contributed by atoms with E-state index in [-0.39, 0.29) is 24.4 Å². The smallest absolute Gasteiger partial charge is 0.243 e. The Kier molecular flexibility index (Phi) is 6.68. The van der Waals surface area contributed by atoms with Gasteiger partial charge < -0.3 is 5.73 Å². The minimum atomic E-state index is -3.42. The third-order valence-corrected chi connectivity index (χ3v) is 6.44. The van der Waals surface area contributed by atoms with Gasteiger partial charge in [0.05, 0.1) is 4.90 Å². The zero-order valence-electron chi connectivity index (χ0n) is 12.3. The van der Waals surface area contributed by atoms with Crippen LogP contribution in [0.5, 0.6) is 0 Å². The Balaban J connectivity index is 0.00000220. The van der Waals surface area contributed by atoms with Gasteiger partial charge in [0.15, 0.2) is 0 Å². The molecule has 0 aromatic heterocycles. The van der Waals surface area contributed by atoms with Crippen molar-refractivity contribution in [3.8, 4) is 0 Å². The van der Waals surface area contributed by atoms with E-state index in [2.05, 4.69) is 15.9 Å². The summed E-state index contributed by atoms with van der Waals surface area (Å²) in [6.07, 6.45) is 1.88. The highest BCUT2D eigenvalue weighted by Crippen LogP contribution is 2.27. The lowest BCUT2D eigenvalue weighted by Gasteiger charge is -2.34. The topological polar surface area (TPSA) is 63.4 Å². The van der Waals surface area contributed by atoms with Gasteiger partial charge in [-0.1, -0.05) is 15.9 Å². The van der Waals surface area contributed by atoms with E-state index in [4.69, 9.17) is 5.73 Å². The molecule has 4 nitrogen and oxygen atoms in total. The van der Waals surface area contributed by atoms with Crippen molar-refractivity contribution in [2.75, 3.05) is 13.1 Å². The molecule has 1 aliphatic rings. The van der Waals surface area contributed by atoms with Gasteiger partial charge in [-0.25, -0.2) is 8.42 Å². The predicted octanol–water partition coefficient (Wildman–Crippen LogP) is 2.93. The molecule has 7 heteroatoms. The van der Waals surface area contributed by atoms with Gasteiger partial charge in [-0.2, -0.15) is 4.31 Å².